The van der Waals surface area contributed by atoms with Crippen LogP contribution in [-0.2, 0) is 4.74 Å². The zero-order valence-corrected chi connectivity index (χ0v) is 10.4. The Morgan fingerprint density at radius 3 is 2.73 bits per heavy atom. The van der Waals surface area contributed by atoms with E-state index in [0.29, 0.717) is 6.04 Å². The summed E-state index contributed by atoms with van der Waals surface area (Å²) in [5.41, 5.74) is 0. The number of hydrogen-bond acceptors (Lipinski definition) is 2. The van der Waals surface area contributed by atoms with Crippen LogP contribution in [0.15, 0.2) is 12.7 Å². The second kappa shape index (κ2) is 11.7. The van der Waals surface area contributed by atoms with E-state index in [1.54, 1.807) is 0 Å². The van der Waals surface area contributed by atoms with Crippen LogP contribution in [-0.4, -0.2) is 25.8 Å². The molecule has 0 fully saturated rings. The lowest BCUT2D eigenvalue weighted by atomic mass is 10.2. The van der Waals surface area contributed by atoms with E-state index in [1.807, 2.05) is 6.08 Å². The van der Waals surface area contributed by atoms with Gasteiger partial charge in [0.2, 0.25) is 0 Å². The van der Waals surface area contributed by atoms with Gasteiger partial charge in [-0.3, -0.25) is 0 Å². The molecule has 1 unspecified atom stereocenters. The van der Waals surface area contributed by atoms with Gasteiger partial charge in [0.1, 0.15) is 0 Å². The quantitative estimate of drug-likeness (QED) is 0.420. The minimum atomic E-state index is 0.596. The predicted octanol–water partition coefficient (Wildman–Crippen LogP) is 3.14. The molecule has 0 aliphatic rings. The van der Waals surface area contributed by atoms with Gasteiger partial charge < -0.3 is 10.1 Å². The molecule has 0 heterocycles. The van der Waals surface area contributed by atoms with Gasteiger partial charge >= 0.3 is 0 Å². The number of unbranched alkanes of at least 4 members (excludes halogenated alkanes) is 1. The molecule has 0 radical (unpaired) electrons. The van der Waals surface area contributed by atoms with Gasteiger partial charge in [-0.1, -0.05) is 19.4 Å². The van der Waals surface area contributed by atoms with Crippen molar-refractivity contribution in [3.63, 3.8) is 0 Å². The summed E-state index contributed by atoms with van der Waals surface area (Å²) in [6.45, 7) is 11.0. The lowest BCUT2D eigenvalue weighted by Gasteiger charge is -2.12. The normalized spacial score (nSPS) is 12.7. The highest BCUT2D eigenvalue weighted by atomic mass is 16.5. The molecule has 0 rings (SSSR count). The Bertz CT molecular complexity index is 136. The van der Waals surface area contributed by atoms with Crippen molar-refractivity contribution in [3.05, 3.63) is 12.7 Å². The summed E-state index contributed by atoms with van der Waals surface area (Å²) in [6, 6.07) is 0.596. The molecule has 0 aliphatic carbocycles. The largest absolute Gasteiger partial charge is 0.381 e. The molecule has 0 saturated heterocycles. The molecule has 0 bridgehead atoms. The first kappa shape index (κ1) is 14.7. The zero-order chi connectivity index (χ0) is 11.4. The number of nitrogens with one attached hydrogen (secondary N) is 1. The van der Waals surface area contributed by atoms with Gasteiger partial charge in [0, 0.05) is 19.3 Å². The van der Waals surface area contributed by atoms with Crippen LogP contribution in [0.25, 0.3) is 0 Å². The van der Waals surface area contributed by atoms with Crippen LogP contribution < -0.4 is 5.32 Å². The van der Waals surface area contributed by atoms with Crippen LogP contribution in [0.2, 0.25) is 0 Å². The van der Waals surface area contributed by atoms with E-state index >= 15 is 0 Å². The smallest absolute Gasteiger partial charge is 0.0478 e. The number of hydrogen-bond donors (Lipinski definition) is 1. The molecule has 90 valence electrons. The Balaban J connectivity index is 3.05. The fourth-order valence-corrected chi connectivity index (χ4v) is 1.34. The van der Waals surface area contributed by atoms with Gasteiger partial charge in [-0.15, -0.1) is 6.58 Å². The van der Waals surface area contributed by atoms with Crippen molar-refractivity contribution in [2.75, 3.05) is 19.8 Å². The highest BCUT2D eigenvalue weighted by molar-refractivity contribution is 4.70. The summed E-state index contributed by atoms with van der Waals surface area (Å²) in [7, 11) is 0. The molecule has 0 aromatic carbocycles. The van der Waals surface area contributed by atoms with Gasteiger partial charge in [-0.25, -0.2) is 0 Å². The number of rotatable bonds is 11. The molecule has 1 N–H and O–H groups in total. The highest BCUT2D eigenvalue weighted by Gasteiger charge is 1.98. The van der Waals surface area contributed by atoms with Gasteiger partial charge in [0.05, 0.1) is 0 Å². The van der Waals surface area contributed by atoms with E-state index in [0.717, 1.165) is 32.6 Å². The van der Waals surface area contributed by atoms with Crippen LogP contribution in [0.5, 0.6) is 0 Å². The summed E-state index contributed by atoms with van der Waals surface area (Å²) in [6.07, 6.45) is 7.77. The van der Waals surface area contributed by atoms with Gasteiger partial charge in [0.15, 0.2) is 0 Å². The Kier molecular flexibility index (Phi) is 11.5. The lowest BCUT2D eigenvalue weighted by Crippen LogP contribution is -2.27. The predicted molar refractivity (Wildman–Crippen MR) is 67.2 cm³/mol. The first-order chi connectivity index (χ1) is 7.31. The van der Waals surface area contributed by atoms with Crippen LogP contribution in [0, 0.1) is 0 Å². The monoisotopic (exact) mass is 213 g/mol. The first-order valence-corrected chi connectivity index (χ1v) is 6.23. The Hall–Kier alpha value is -0.340. The van der Waals surface area contributed by atoms with Crippen LogP contribution in [0.1, 0.15) is 46.0 Å². The summed E-state index contributed by atoms with van der Waals surface area (Å²) < 4.78 is 5.48. The Morgan fingerprint density at radius 1 is 1.33 bits per heavy atom. The minimum Gasteiger partial charge on any atom is -0.381 e. The van der Waals surface area contributed by atoms with E-state index in [1.165, 1.54) is 19.3 Å². The topological polar surface area (TPSA) is 21.3 Å². The maximum atomic E-state index is 5.48. The molecule has 1 atom stereocenters. The lowest BCUT2D eigenvalue weighted by molar-refractivity contribution is 0.128. The van der Waals surface area contributed by atoms with Crippen LogP contribution in [0.3, 0.4) is 0 Å². The third-order valence-electron chi connectivity index (χ3n) is 2.40. The summed E-state index contributed by atoms with van der Waals surface area (Å²) in [5.74, 6) is 0. The average molecular weight is 213 g/mol. The standard InChI is InChI=1S/C13H27NO/c1-4-6-9-13(3)14-10-8-12-15-11-7-5-2/h4,13-14H,1,5-12H2,2-3H3. The number of allylic oxidation sites excluding steroid dienone is 1. The molecule has 0 amide bonds. The van der Waals surface area contributed by atoms with Gasteiger partial charge in [-0.05, 0) is 39.2 Å². The molecule has 0 saturated carbocycles. The second-order valence-corrected chi connectivity index (χ2v) is 4.04. The van der Waals surface area contributed by atoms with Crippen molar-refractivity contribution in [3.8, 4) is 0 Å². The summed E-state index contributed by atoms with van der Waals surface area (Å²) >= 11 is 0. The molecule has 2 nitrogen and oxygen atoms in total. The molecular weight excluding hydrogens is 186 g/mol. The minimum absolute atomic E-state index is 0.596. The zero-order valence-electron chi connectivity index (χ0n) is 10.4. The van der Waals surface area contributed by atoms with Crippen LogP contribution >= 0.6 is 0 Å². The van der Waals surface area contributed by atoms with E-state index < -0.39 is 0 Å². The van der Waals surface area contributed by atoms with Crippen molar-refractivity contribution in [2.45, 2.75) is 52.0 Å². The van der Waals surface area contributed by atoms with E-state index in [-0.39, 0.29) is 0 Å². The van der Waals surface area contributed by atoms with E-state index in [9.17, 15) is 0 Å². The molecule has 0 aliphatic heterocycles. The third-order valence-corrected chi connectivity index (χ3v) is 2.40. The second-order valence-electron chi connectivity index (χ2n) is 4.04. The molecule has 15 heavy (non-hydrogen) atoms. The Labute approximate surface area is 95.1 Å². The summed E-state index contributed by atoms with van der Waals surface area (Å²) in [4.78, 5) is 0. The first-order valence-electron chi connectivity index (χ1n) is 6.23. The van der Waals surface area contributed by atoms with Crippen molar-refractivity contribution < 1.29 is 4.74 Å². The maximum absolute atomic E-state index is 5.48. The van der Waals surface area contributed by atoms with Crippen molar-refractivity contribution >= 4 is 0 Å². The molecule has 0 aromatic rings. The van der Waals surface area contributed by atoms with E-state index in [2.05, 4.69) is 25.7 Å². The fraction of sp³-hybridized carbons (Fsp3) is 0.846. The molecule has 0 aromatic heterocycles. The number of ether oxygens (including phenoxy) is 1. The Morgan fingerprint density at radius 2 is 2.07 bits per heavy atom. The maximum Gasteiger partial charge on any atom is 0.0478 e. The fourth-order valence-electron chi connectivity index (χ4n) is 1.34. The van der Waals surface area contributed by atoms with Gasteiger partial charge in [-0.2, -0.15) is 0 Å². The average Bonchev–Trinajstić information content (AvgIpc) is 2.25. The van der Waals surface area contributed by atoms with Crippen molar-refractivity contribution in [2.24, 2.45) is 0 Å². The third kappa shape index (κ3) is 11.6. The van der Waals surface area contributed by atoms with Crippen LogP contribution in [0.4, 0.5) is 0 Å². The van der Waals surface area contributed by atoms with Gasteiger partial charge in [0.25, 0.3) is 0 Å². The molecule has 2 heteroatoms. The SMILES string of the molecule is C=CCCC(C)NCCCOCCCC. The molecule has 0 spiro atoms. The van der Waals surface area contributed by atoms with Crippen molar-refractivity contribution in [1.29, 1.82) is 0 Å². The highest BCUT2D eigenvalue weighted by Crippen LogP contribution is 1.96. The van der Waals surface area contributed by atoms with Crippen molar-refractivity contribution in [1.82, 2.24) is 5.32 Å². The van der Waals surface area contributed by atoms with E-state index in [4.69, 9.17) is 4.74 Å². The summed E-state index contributed by atoms with van der Waals surface area (Å²) in [5, 5.41) is 3.48. The molecular formula is C13H27NO.